The van der Waals surface area contributed by atoms with Crippen LogP contribution in [0.2, 0.25) is 0 Å². The van der Waals surface area contributed by atoms with E-state index in [1.165, 1.54) is 12.8 Å². The van der Waals surface area contributed by atoms with Crippen LogP contribution in [0.15, 0.2) is 24.3 Å². The van der Waals surface area contributed by atoms with E-state index in [4.69, 9.17) is 10.5 Å². The van der Waals surface area contributed by atoms with Gasteiger partial charge in [-0.1, -0.05) is 6.07 Å². The quantitative estimate of drug-likeness (QED) is 0.823. The Balaban J connectivity index is 1.90. The molecular weight excluding hydrogens is 240 g/mol. The third kappa shape index (κ3) is 4.24. The molecule has 0 heterocycles. The van der Waals surface area contributed by atoms with Crippen LogP contribution in [-0.4, -0.2) is 24.6 Å². The van der Waals surface area contributed by atoms with E-state index in [1.54, 1.807) is 12.1 Å². The van der Waals surface area contributed by atoms with Crippen molar-refractivity contribution in [3.05, 3.63) is 29.8 Å². The SMILES string of the molecule is CC(C)Oc1cccc(C(=O)NCC(N)C2CC2)c1. The molecule has 4 heteroatoms. The summed E-state index contributed by atoms with van der Waals surface area (Å²) in [6.07, 6.45) is 2.48. The van der Waals surface area contributed by atoms with Gasteiger partial charge in [-0.3, -0.25) is 4.79 Å². The van der Waals surface area contributed by atoms with E-state index in [1.807, 2.05) is 26.0 Å². The lowest BCUT2D eigenvalue weighted by Crippen LogP contribution is -2.38. The molecule has 0 bridgehead atoms. The molecule has 3 N–H and O–H groups in total. The maximum Gasteiger partial charge on any atom is 0.251 e. The summed E-state index contributed by atoms with van der Waals surface area (Å²) in [7, 11) is 0. The van der Waals surface area contributed by atoms with Crippen molar-refractivity contribution in [3.8, 4) is 5.75 Å². The third-order valence-corrected chi connectivity index (χ3v) is 3.19. The summed E-state index contributed by atoms with van der Waals surface area (Å²) >= 11 is 0. The molecule has 1 aromatic rings. The van der Waals surface area contributed by atoms with Crippen molar-refractivity contribution in [3.63, 3.8) is 0 Å². The van der Waals surface area contributed by atoms with Gasteiger partial charge in [-0.25, -0.2) is 0 Å². The number of ether oxygens (including phenoxy) is 1. The lowest BCUT2D eigenvalue weighted by Gasteiger charge is -2.13. The Hall–Kier alpha value is -1.55. The maximum absolute atomic E-state index is 12.0. The molecule has 1 fully saturated rings. The van der Waals surface area contributed by atoms with E-state index in [0.717, 1.165) is 0 Å². The smallest absolute Gasteiger partial charge is 0.251 e. The lowest BCUT2D eigenvalue weighted by atomic mass is 10.1. The minimum Gasteiger partial charge on any atom is -0.491 e. The average Bonchev–Trinajstić information content (AvgIpc) is 3.19. The first-order chi connectivity index (χ1) is 9.06. The molecule has 104 valence electrons. The molecule has 1 amide bonds. The molecule has 2 rings (SSSR count). The van der Waals surface area contributed by atoms with Crippen LogP contribution in [-0.2, 0) is 0 Å². The molecule has 1 aromatic carbocycles. The largest absolute Gasteiger partial charge is 0.491 e. The van der Waals surface area contributed by atoms with Gasteiger partial charge in [0.15, 0.2) is 0 Å². The number of rotatable bonds is 6. The molecule has 1 saturated carbocycles. The number of benzene rings is 1. The summed E-state index contributed by atoms with van der Waals surface area (Å²) in [5, 5.41) is 2.88. The number of nitrogens with one attached hydrogen (secondary N) is 1. The predicted molar refractivity (Wildman–Crippen MR) is 75.2 cm³/mol. The highest BCUT2D eigenvalue weighted by Gasteiger charge is 2.28. The lowest BCUT2D eigenvalue weighted by molar-refractivity contribution is 0.0949. The van der Waals surface area contributed by atoms with Crippen molar-refractivity contribution < 1.29 is 9.53 Å². The van der Waals surface area contributed by atoms with Crippen LogP contribution in [0, 0.1) is 5.92 Å². The van der Waals surface area contributed by atoms with Crippen LogP contribution in [0.3, 0.4) is 0 Å². The van der Waals surface area contributed by atoms with Crippen LogP contribution in [0.4, 0.5) is 0 Å². The van der Waals surface area contributed by atoms with Crippen molar-refractivity contribution in [2.24, 2.45) is 11.7 Å². The van der Waals surface area contributed by atoms with Gasteiger partial charge in [-0.05, 0) is 50.8 Å². The fourth-order valence-electron chi connectivity index (χ4n) is 1.99. The monoisotopic (exact) mass is 262 g/mol. The normalized spacial score (nSPS) is 16.2. The summed E-state index contributed by atoms with van der Waals surface area (Å²) < 4.78 is 5.57. The van der Waals surface area contributed by atoms with Crippen LogP contribution in [0.25, 0.3) is 0 Å². The van der Waals surface area contributed by atoms with E-state index >= 15 is 0 Å². The number of hydrogen-bond acceptors (Lipinski definition) is 3. The van der Waals surface area contributed by atoms with Gasteiger partial charge in [-0.15, -0.1) is 0 Å². The van der Waals surface area contributed by atoms with Crippen LogP contribution >= 0.6 is 0 Å². The van der Waals surface area contributed by atoms with Gasteiger partial charge in [0, 0.05) is 18.2 Å². The summed E-state index contributed by atoms with van der Waals surface area (Å²) in [6, 6.07) is 7.31. The Morgan fingerprint density at radius 2 is 2.21 bits per heavy atom. The van der Waals surface area contributed by atoms with E-state index in [2.05, 4.69) is 5.32 Å². The molecule has 19 heavy (non-hydrogen) atoms. The fraction of sp³-hybridized carbons (Fsp3) is 0.533. The summed E-state index contributed by atoms with van der Waals surface area (Å²) in [6.45, 7) is 4.46. The van der Waals surface area contributed by atoms with Gasteiger partial charge in [0.2, 0.25) is 0 Å². The molecule has 4 nitrogen and oxygen atoms in total. The molecule has 1 atom stereocenters. The van der Waals surface area contributed by atoms with Crippen LogP contribution in [0.5, 0.6) is 5.75 Å². The Morgan fingerprint density at radius 1 is 1.47 bits per heavy atom. The van der Waals surface area contributed by atoms with Gasteiger partial charge in [0.25, 0.3) is 5.91 Å². The second kappa shape index (κ2) is 6.06. The highest BCUT2D eigenvalue weighted by Crippen LogP contribution is 2.31. The Morgan fingerprint density at radius 3 is 2.84 bits per heavy atom. The molecule has 1 aliphatic carbocycles. The number of nitrogens with two attached hydrogens (primary N) is 1. The maximum atomic E-state index is 12.0. The minimum atomic E-state index is -0.0923. The zero-order valence-corrected chi connectivity index (χ0v) is 11.6. The molecule has 0 saturated heterocycles. The second-order valence-electron chi connectivity index (χ2n) is 5.41. The van der Waals surface area contributed by atoms with Gasteiger partial charge >= 0.3 is 0 Å². The first-order valence-corrected chi connectivity index (χ1v) is 6.86. The van der Waals surface area contributed by atoms with E-state index in [9.17, 15) is 4.79 Å². The van der Waals surface area contributed by atoms with Crippen molar-refractivity contribution >= 4 is 5.91 Å². The van der Waals surface area contributed by atoms with E-state index in [0.29, 0.717) is 23.8 Å². The number of carbonyl (C=O) groups is 1. The molecule has 0 aromatic heterocycles. The highest BCUT2D eigenvalue weighted by atomic mass is 16.5. The Kier molecular flexibility index (Phi) is 4.43. The number of hydrogen-bond donors (Lipinski definition) is 2. The molecule has 0 aliphatic heterocycles. The summed E-state index contributed by atoms with van der Waals surface area (Å²) in [5.74, 6) is 1.22. The predicted octanol–water partition coefficient (Wildman–Crippen LogP) is 1.94. The Bertz CT molecular complexity index is 442. The third-order valence-electron chi connectivity index (χ3n) is 3.19. The summed E-state index contributed by atoms with van der Waals surface area (Å²) in [4.78, 5) is 12.0. The van der Waals surface area contributed by atoms with Crippen LogP contribution in [0.1, 0.15) is 37.0 Å². The van der Waals surface area contributed by atoms with Gasteiger partial charge in [-0.2, -0.15) is 0 Å². The molecule has 0 radical (unpaired) electrons. The zero-order chi connectivity index (χ0) is 13.8. The van der Waals surface area contributed by atoms with Crippen molar-refractivity contribution in [1.82, 2.24) is 5.32 Å². The standard InChI is InChI=1S/C15H22N2O2/c1-10(2)19-13-5-3-4-12(8-13)15(18)17-9-14(16)11-6-7-11/h3-5,8,10-11,14H,6-7,9,16H2,1-2H3,(H,17,18). The van der Waals surface area contributed by atoms with Crippen molar-refractivity contribution in [2.75, 3.05) is 6.54 Å². The van der Waals surface area contributed by atoms with Gasteiger partial charge in [0.05, 0.1) is 6.10 Å². The van der Waals surface area contributed by atoms with Crippen LogP contribution < -0.4 is 15.8 Å². The van der Waals surface area contributed by atoms with Gasteiger partial charge in [0.1, 0.15) is 5.75 Å². The minimum absolute atomic E-state index is 0.0825. The summed E-state index contributed by atoms with van der Waals surface area (Å²) in [5.41, 5.74) is 6.57. The van der Waals surface area contributed by atoms with Gasteiger partial charge < -0.3 is 15.8 Å². The average molecular weight is 262 g/mol. The second-order valence-corrected chi connectivity index (χ2v) is 5.41. The number of amides is 1. The Labute approximate surface area is 114 Å². The highest BCUT2D eigenvalue weighted by molar-refractivity contribution is 5.94. The van der Waals surface area contributed by atoms with Crippen molar-refractivity contribution in [2.45, 2.75) is 38.8 Å². The zero-order valence-electron chi connectivity index (χ0n) is 11.6. The fourth-order valence-corrected chi connectivity index (χ4v) is 1.99. The molecular formula is C15H22N2O2. The van der Waals surface area contributed by atoms with Crippen molar-refractivity contribution in [1.29, 1.82) is 0 Å². The molecule has 1 aliphatic rings. The first kappa shape index (κ1) is 13.9. The molecule has 0 spiro atoms. The number of carbonyl (C=O) groups excluding carboxylic acids is 1. The van der Waals surface area contributed by atoms with E-state index in [-0.39, 0.29) is 18.1 Å². The topological polar surface area (TPSA) is 64.3 Å². The van der Waals surface area contributed by atoms with E-state index < -0.39 is 0 Å². The molecule has 1 unspecified atom stereocenters. The first-order valence-electron chi connectivity index (χ1n) is 6.86.